The zero-order valence-electron chi connectivity index (χ0n) is 9.81. The third-order valence-corrected chi connectivity index (χ3v) is 3.37. The lowest BCUT2D eigenvalue weighted by Gasteiger charge is -2.09. The molecule has 1 aromatic heterocycles. The van der Waals surface area contributed by atoms with Crippen LogP contribution in [-0.4, -0.2) is 21.6 Å². The van der Waals surface area contributed by atoms with Gasteiger partial charge in [0.25, 0.3) is 0 Å². The zero-order valence-corrected chi connectivity index (χ0v) is 12.1. The smallest absolute Gasteiger partial charge is 0.139 e. The Morgan fingerprint density at radius 3 is 2.58 bits per heavy atom. The first kappa shape index (κ1) is 14.4. The van der Waals surface area contributed by atoms with Crippen molar-refractivity contribution in [3.05, 3.63) is 39.1 Å². The van der Waals surface area contributed by atoms with Crippen molar-refractivity contribution in [2.24, 2.45) is 5.73 Å². The van der Waals surface area contributed by atoms with Crippen molar-refractivity contribution in [2.75, 3.05) is 6.61 Å². The third kappa shape index (κ3) is 3.73. The van der Waals surface area contributed by atoms with Gasteiger partial charge in [-0.1, -0.05) is 40.0 Å². The van der Waals surface area contributed by atoms with Crippen LogP contribution in [0, 0.1) is 0 Å². The van der Waals surface area contributed by atoms with Gasteiger partial charge in [-0.2, -0.15) is 0 Å². The summed E-state index contributed by atoms with van der Waals surface area (Å²) in [4.78, 5) is 0. The van der Waals surface area contributed by atoms with Crippen molar-refractivity contribution in [2.45, 2.75) is 13.1 Å². The Labute approximate surface area is 125 Å². The molecule has 0 fully saturated rings. The molecule has 2 aromatic rings. The lowest BCUT2D eigenvalue weighted by atomic mass is 10.3. The Bertz CT molecular complexity index is 573. The van der Waals surface area contributed by atoms with Crippen LogP contribution in [0.5, 0.6) is 5.75 Å². The van der Waals surface area contributed by atoms with E-state index in [-0.39, 0.29) is 0 Å². The molecule has 5 nitrogen and oxygen atoms in total. The van der Waals surface area contributed by atoms with Crippen LogP contribution < -0.4 is 10.5 Å². The molecule has 0 radical (unpaired) electrons. The average molecular weight is 322 g/mol. The van der Waals surface area contributed by atoms with Crippen LogP contribution in [0.1, 0.15) is 5.69 Å². The van der Waals surface area contributed by atoms with Crippen molar-refractivity contribution in [3.63, 3.8) is 0 Å². The summed E-state index contributed by atoms with van der Waals surface area (Å²) in [5.41, 5.74) is 6.17. The number of aromatic nitrogens is 3. The molecular weight excluding hydrogens is 311 g/mol. The van der Waals surface area contributed by atoms with Gasteiger partial charge in [0, 0.05) is 18.8 Å². The number of ether oxygens (including phenoxy) is 1. The molecule has 2 rings (SSSR count). The van der Waals surface area contributed by atoms with Gasteiger partial charge in [0.2, 0.25) is 0 Å². The number of rotatable bonds is 5. The van der Waals surface area contributed by atoms with E-state index >= 15 is 0 Å². The van der Waals surface area contributed by atoms with Gasteiger partial charge in [-0.25, -0.2) is 4.68 Å². The highest BCUT2D eigenvalue weighted by molar-refractivity contribution is 6.43. The summed E-state index contributed by atoms with van der Waals surface area (Å²) < 4.78 is 7.17. The molecule has 0 spiro atoms. The maximum Gasteiger partial charge on any atom is 0.139 e. The zero-order chi connectivity index (χ0) is 13.8. The van der Waals surface area contributed by atoms with Crippen LogP contribution >= 0.6 is 34.8 Å². The fraction of sp³-hybridized carbons (Fsp3) is 0.273. The second-order valence-electron chi connectivity index (χ2n) is 3.72. The van der Waals surface area contributed by atoms with Crippen LogP contribution in [-0.2, 0) is 13.1 Å². The van der Waals surface area contributed by atoms with Crippen molar-refractivity contribution in [3.8, 4) is 5.75 Å². The minimum Gasteiger partial charge on any atom is -0.490 e. The van der Waals surface area contributed by atoms with E-state index in [1.54, 1.807) is 23.0 Å². The average Bonchev–Trinajstić information content (AvgIpc) is 2.83. The normalized spacial score (nSPS) is 10.7. The van der Waals surface area contributed by atoms with Crippen molar-refractivity contribution >= 4 is 34.8 Å². The van der Waals surface area contributed by atoms with E-state index in [0.717, 1.165) is 5.69 Å². The van der Waals surface area contributed by atoms with Gasteiger partial charge < -0.3 is 10.5 Å². The Morgan fingerprint density at radius 2 is 1.89 bits per heavy atom. The fourth-order valence-electron chi connectivity index (χ4n) is 1.41. The molecule has 0 saturated carbocycles. The summed E-state index contributed by atoms with van der Waals surface area (Å²) in [7, 11) is 0. The summed E-state index contributed by atoms with van der Waals surface area (Å²) in [6.07, 6.45) is 1.76. The van der Waals surface area contributed by atoms with Crippen molar-refractivity contribution < 1.29 is 4.74 Å². The SMILES string of the molecule is NCc1cn(CCOc2cc(Cl)c(Cl)cc2Cl)nn1. The second kappa shape index (κ2) is 6.43. The van der Waals surface area contributed by atoms with E-state index in [2.05, 4.69) is 10.3 Å². The molecule has 1 heterocycles. The number of hydrogen-bond donors (Lipinski definition) is 1. The topological polar surface area (TPSA) is 66.0 Å². The standard InChI is InChI=1S/C11H11Cl3N4O/c12-8-3-10(14)11(4-9(8)13)19-2-1-18-6-7(5-15)16-17-18/h3-4,6H,1-2,5,15H2. The minimum atomic E-state index is 0.361. The Balaban J connectivity index is 1.94. The largest absolute Gasteiger partial charge is 0.490 e. The van der Waals surface area contributed by atoms with Gasteiger partial charge in [-0.3, -0.25) is 0 Å². The van der Waals surface area contributed by atoms with Crippen LogP contribution in [0.2, 0.25) is 15.1 Å². The molecule has 0 unspecified atom stereocenters. The van der Waals surface area contributed by atoms with Crippen LogP contribution in [0.3, 0.4) is 0 Å². The summed E-state index contributed by atoms with van der Waals surface area (Å²) >= 11 is 17.7. The molecule has 0 bridgehead atoms. The van der Waals surface area contributed by atoms with E-state index in [4.69, 9.17) is 45.3 Å². The first-order valence-corrected chi connectivity index (χ1v) is 6.60. The van der Waals surface area contributed by atoms with Crippen LogP contribution in [0.25, 0.3) is 0 Å². The number of nitrogens with zero attached hydrogens (tertiary/aromatic N) is 3. The van der Waals surface area contributed by atoms with Crippen molar-refractivity contribution in [1.29, 1.82) is 0 Å². The van der Waals surface area contributed by atoms with Crippen LogP contribution in [0.15, 0.2) is 18.3 Å². The quantitative estimate of drug-likeness (QED) is 0.860. The molecule has 2 N–H and O–H groups in total. The second-order valence-corrected chi connectivity index (χ2v) is 4.94. The summed E-state index contributed by atoms with van der Waals surface area (Å²) in [6.45, 7) is 1.27. The molecule has 0 amide bonds. The number of benzene rings is 1. The maximum absolute atomic E-state index is 5.99. The van der Waals surface area contributed by atoms with Gasteiger partial charge >= 0.3 is 0 Å². The summed E-state index contributed by atoms with van der Waals surface area (Å²) in [5.74, 6) is 0.482. The molecule has 0 aliphatic carbocycles. The Kier molecular flexibility index (Phi) is 4.87. The fourth-order valence-corrected chi connectivity index (χ4v) is 2.00. The number of halogens is 3. The van der Waals surface area contributed by atoms with Crippen molar-refractivity contribution in [1.82, 2.24) is 15.0 Å². The molecule has 0 aliphatic rings. The predicted octanol–water partition coefficient (Wildman–Crippen LogP) is 2.78. The Hall–Kier alpha value is -1.01. The van der Waals surface area contributed by atoms with E-state index < -0.39 is 0 Å². The molecule has 0 saturated heterocycles. The predicted molar refractivity (Wildman–Crippen MR) is 74.9 cm³/mol. The van der Waals surface area contributed by atoms with E-state index in [9.17, 15) is 0 Å². The van der Waals surface area contributed by atoms with Crippen LogP contribution in [0.4, 0.5) is 0 Å². The molecule has 102 valence electrons. The molecule has 0 aliphatic heterocycles. The highest BCUT2D eigenvalue weighted by atomic mass is 35.5. The molecule has 1 aromatic carbocycles. The van der Waals surface area contributed by atoms with Gasteiger partial charge in [0.1, 0.15) is 12.4 Å². The molecule has 8 heteroatoms. The lowest BCUT2D eigenvalue weighted by Crippen LogP contribution is -2.09. The van der Waals surface area contributed by atoms with Gasteiger partial charge in [-0.05, 0) is 6.07 Å². The first-order chi connectivity index (χ1) is 9.10. The third-order valence-electron chi connectivity index (χ3n) is 2.35. The number of hydrogen-bond acceptors (Lipinski definition) is 4. The van der Waals surface area contributed by atoms with E-state index in [1.165, 1.54) is 0 Å². The van der Waals surface area contributed by atoms with Gasteiger partial charge in [-0.15, -0.1) is 5.10 Å². The lowest BCUT2D eigenvalue weighted by molar-refractivity contribution is 0.290. The highest BCUT2D eigenvalue weighted by Crippen LogP contribution is 2.33. The number of nitrogens with two attached hydrogens (primary N) is 1. The maximum atomic E-state index is 5.99. The summed E-state index contributed by atoms with van der Waals surface area (Å²) in [6, 6.07) is 3.13. The van der Waals surface area contributed by atoms with E-state index in [1.807, 2.05) is 0 Å². The monoisotopic (exact) mass is 320 g/mol. The highest BCUT2D eigenvalue weighted by Gasteiger charge is 2.07. The first-order valence-electron chi connectivity index (χ1n) is 5.46. The molecule has 19 heavy (non-hydrogen) atoms. The van der Waals surface area contributed by atoms with Gasteiger partial charge in [0.05, 0.1) is 27.3 Å². The van der Waals surface area contributed by atoms with Gasteiger partial charge in [0.15, 0.2) is 0 Å². The molecule has 0 atom stereocenters. The van der Waals surface area contributed by atoms with E-state index in [0.29, 0.717) is 40.5 Å². The minimum absolute atomic E-state index is 0.361. The molecular formula is C11H11Cl3N4O. The Morgan fingerprint density at radius 1 is 1.16 bits per heavy atom. The summed E-state index contributed by atoms with van der Waals surface area (Å²) in [5, 5.41) is 8.97.